The Balaban J connectivity index is 1.68. The lowest BCUT2D eigenvalue weighted by atomic mass is 10.2. The van der Waals surface area contributed by atoms with Crippen molar-refractivity contribution in [3.63, 3.8) is 0 Å². The van der Waals surface area contributed by atoms with Gasteiger partial charge in [-0.25, -0.2) is 9.97 Å². The maximum Gasteiger partial charge on any atom is 0.317 e. The highest BCUT2D eigenvalue weighted by molar-refractivity contribution is 7.99. The molecule has 1 saturated heterocycles. The molecule has 5 nitrogen and oxygen atoms in total. The number of hydrogen-bond donors (Lipinski definition) is 0. The van der Waals surface area contributed by atoms with Crippen LogP contribution in [0.5, 0.6) is 6.01 Å². The van der Waals surface area contributed by atoms with Crippen LogP contribution in [0.25, 0.3) is 0 Å². The highest BCUT2D eigenvalue weighted by atomic mass is 35.5. The molecule has 7 heteroatoms. The molecule has 1 aliphatic heterocycles. The number of rotatable bonds is 4. The van der Waals surface area contributed by atoms with Crippen molar-refractivity contribution >= 4 is 29.3 Å². The summed E-state index contributed by atoms with van der Waals surface area (Å²) < 4.78 is 5.42. The molecule has 0 N–H and O–H groups in total. The van der Waals surface area contributed by atoms with Crippen molar-refractivity contribution in [3.05, 3.63) is 52.8 Å². The molecule has 1 atom stereocenters. The third-order valence-electron chi connectivity index (χ3n) is 3.48. The van der Waals surface area contributed by atoms with Crippen LogP contribution in [0, 0.1) is 6.92 Å². The molecule has 1 unspecified atom stereocenters. The maximum atomic E-state index is 12.5. The second kappa shape index (κ2) is 7.19. The Kier molecular flexibility index (Phi) is 5.03. The lowest BCUT2D eigenvalue weighted by Gasteiger charge is -2.24. The van der Waals surface area contributed by atoms with Crippen LogP contribution in [0.15, 0.2) is 36.5 Å². The van der Waals surface area contributed by atoms with E-state index in [1.165, 1.54) is 0 Å². The quantitative estimate of drug-likeness (QED) is 0.849. The standard InChI is InChI=1S/C16H16ClN3O2S/c1-11-6-7-18-16(19-11)22-10-14(21)20-8-9-23-15(20)12-4-2-3-5-13(12)17/h2-7,15H,8-10H2,1H3. The zero-order valence-corrected chi connectivity index (χ0v) is 14.2. The van der Waals surface area contributed by atoms with E-state index in [2.05, 4.69) is 9.97 Å². The van der Waals surface area contributed by atoms with Gasteiger partial charge in [0.25, 0.3) is 5.91 Å². The van der Waals surface area contributed by atoms with Gasteiger partial charge in [0.1, 0.15) is 5.37 Å². The number of carbonyl (C=O) groups excluding carboxylic acids is 1. The van der Waals surface area contributed by atoms with Crippen LogP contribution in [0.2, 0.25) is 5.02 Å². The van der Waals surface area contributed by atoms with Crippen molar-refractivity contribution in [1.29, 1.82) is 0 Å². The predicted octanol–water partition coefficient (Wildman–Crippen LogP) is 3.09. The molecular weight excluding hydrogens is 334 g/mol. The minimum atomic E-state index is -0.0926. The Labute approximate surface area is 144 Å². The number of aryl methyl sites for hydroxylation is 1. The molecule has 1 fully saturated rings. The lowest BCUT2D eigenvalue weighted by molar-refractivity contribution is -0.133. The van der Waals surface area contributed by atoms with E-state index in [1.807, 2.05) is 31.2 Å². The summed E-state index contributed by atoms with van der Waals surface area (Å²) in [4.78, 5) is 22.4. The molecule has 1 aromatic heterocycles. The maximum absolute atomic E-state index is 12.5. The van der Waals surface area contributed by atoms with E-state index in [9.17, 15) is 4.79 Å². The Morgan fingerprint density at radius 3 is 3.04 bits per heavy atom. The third kappa shape index (κ3) is 3.76. The summed E-state index contributed by atoms with van der Waals surface area (Å²) in [7, 11) is 0. The van der Waals surface area contributed by atoms with Crippen molar-refractivity contribution in [2.24, 2.45) is 0 Å². The predicted molar refractivity (Wildman–Crippen MR) is 90.6 cm³/mol. The number of amides is 1. The molecule has 0 aliphatic carbocycles. The molecule has 0 spiro atoms. The molecule has 1 aromatic carbocycles. The number of hydrogen-bond acceptors (Lipinski definition) is 5. The second-order valence-electron chi connectivity index (χ2n) is 5.10. The van der Waals surface area contributed by atoms with Gasteiger partial charge in [-0.15, -0.1) is 11.8 Å². The van der Waals surface area contributed by atoms with E-state index in [0.717, 1.165) is 17.0 Å². The minimum Gasteiger partial charge on any atom is -0.453 e. The van der Waals surface area contributed by atoms with E-state index >= 15 is 0 Å². The van der Waals surface area contributed by atoms with Crippen LogP contribution in [0.4, 0.5) is 0 Å². The summed E-state index contributed by atoms with van der Waals surface area (Å²) in [5.41, 5.74) is 1.75. The van der Waals surface area contributed by atoms with Crippen molar-refractivity contribution < 1.29 is 9.53 Å². The Hall–Kier alpha value is -1.79. The molecule has 0 radical (unpaired) electrons. The van der Waals surface area contributed by atoms with Crippen LogP contribution in [-0.4, -0.2) is 39.7 Å². The van der Waals surface area contributed by atoms with E-state index in [0.29, 0.717) is 11.6 Å². The summed E-state index contributed by atoms with van der Waals surface area (Å²) in [6, 6.07) is 9.61. The summed E-state index contributed by atoms with van der Waals surface area (Å²) in [6.07, 6.45) is 1.61. The fourth-order valence-corrected chi connectivity index (χ4v) is 3.98. The van der Waals surface area contributed by atoms with Crippen LogP contribution < -0.4 is 4.74 Å². The Bertz CT molecular complexity index is 713. The molecule has 1 amide bonds. The van der Waals surface area contributed by atoms with Gasteiger partial charge in [0.2, 0.25) is 0 Å². The Morgan fingerprint density at radius 2 is 2.26 bits per heavy atom. The van der Waals surface area contributed by atoms with Gasteiger partial charge >= 0.3 is 6.01 Å². The van der Waals surface area contributed by atoms with Crippen LogP contribution >= 0.6 is 23.4 Å². The van der Waals surface area contributed by atoms with Crippen molar-refractivity contribution in [3.8, 4) is 6.01 Å². The highest BCUT2D eigenvalue weighted by Crippen LogP contribution is 2.40. The molecular formula is C16H16ClN3O2S. The monoisotopic (exact) mass is 349 g/mol. The smallest absolute Gasteiger partial charge is 0.317 e. The fourth-order valence-electron chi connectivity index (χ4n) is 2.36. The first-order chi connectivity index (χ1) is 11.1. The fraction of sp³-hybridized carbons (Fsp3) is 0.312. The van der Waals surface area contributed by atoms with E-state index in [4.69, 9.17) is 16.3 Å². The van der Waals surface area contributed by atoms with Gasteiger partial charge in [0, 0.05) is 34.8 Å². The molecule has 1 aliphatic rings. The summed E-state index contributed by atoms with van der Waals surface area (Å²) in [6.45, 7) is 2.45. The molecule has 3 rings (SSSR count). The van der Waals surface area contributed by atoms with Gasteiger partial charge < -0.3 is 9.64 Å². The largest absolute Gasteiger partial charge is 0.453 e. The number of thioether (sulfide) groups is 1. The van der Waals surface area contributed by atoms with Gasteiger partial charge in [-0.3, -0.25) is 4.79 Å². The summed E-state index contributed by atoms with van der Waals surface area (Å²) in [5.74, 6) is 0.785. The lowest BCUT2D eigenvalue weighted by Crippen LogP contribution is -2.34. The first kappa shape index (κ1) is 16.1. The molecule has 0 bridgehead atoms. The van der Waals surface area contributed by atoms with Gasteiger partial charge in [-0.1, -0.05) is 29.8 Å². The topological polar surface area (TPSA) is 55.3 Å². The number of carbonyl (C=O) groups is 1. The first-order valence-electron chi connectivity index (χ1n) is 7.23. The molecule has 120 valence electrons. The van der Waals surface area contributed by atoms with Gasteiger partial charge in [0.15, 0.2) is 6.61 Å². The normalized spacial score (nSPS) is 17.3. The van der Waals surface area contributed by atoms with Gasteiger partial charge in [-0.05, 0) is 19.1 Å². The highest BCUT2D eigenvalue weighted by Gasteiger charge is 2.32. The molecule has 23 heavy (non-hydrogen) atoms. The number of ether oxygens (including phenoxy) is 1. The number of halogens is 1. The van der Waals surface area contributed by atoms with Gasteiger partial charge in [0.05, 0.1) is 0 Å². The summed E-state index contributed by atoms with van der Waals surface area (Å²) in [5, 5.41) is 0.603. The molecule has 2 heterocycles. The van der Waals surface area contributed by atoms with E-state index in [-0.39, 0.29) is 23.9 Å². The van der Waals surface area contributed by atoms with Crippen LogP contribution in [0.3, 0.4) is 0 Å². The zero-order valence-electron chi connectivity index (χ0n) is 12.6. The number of nitrogens with zero attached hydrogens (tertiary/aromatic N) is 3. The molecule has 2 aromatic rings. The average Bonchev–Trinajstić information content (AvgIpc) is 3.02. The third-order valence-corrected chi connectivity index (χ3v) is 5.07. The van der Waals surface area contributed by atoms with E-state index < -0.39 is 0 Å². The number of benzene rings is 1. The minimum absolute atomic E-state index is 0.0711. The number of aromatic nitrogens is 2. The van der Waals surface area contributed by atoms with Crippen LogP contribution in [-0.2, 0) is 4.79 Å². The van der Waals surface area contributed by atoms with Gasteiger partial charge in [-0.2, -0.15) is 0 Å². The van der Waals surface area contributed by atoms with E-state index in [1.54, 1.807) is 28.9 Å². The van der Waals surface area contributed by atoms with Crippen molar-refractivity contribution in [1.82, 2.24) is 14.9 Å². The molecule has 0 saturated carbocycles. The summed E-state index contributed by atoms with van der Waals surface area (Å²) >= 11 is 7.97. The SMILES string of the molecule is Cc1ccnc(OCC(=O)N2CCSC2c2ccccc2Cl)n1. The van der Waals surface area contributed by atoms with Crippen molar-refractivity contribution in [2.75, 3.05) is 18.9 Å². The first-order valence-corrected chi connectivity index (χ1v) is 8.66. The second-order valence-corrected chi connectivity index (χ2v) is 6.70. The average molecular weight is 350 g/mol. The Morgan fingerprint density at radius 1 is 1.43 bits per heavy atom. The van der Waals surface area contributed by atoms with Crippen LogP contribution in [0.1, 0.15) is 16.6 Å². The van der Waals surface area contributed by atoms with Crippen molar-refractivity contribution in [2.45, 2.75) is 12.3 Å². The zero-order chi connectivity index (χ0) is 16.2.